The van der Waals surface area contributed by atoms with E-state index in [-0.39, 0.29) is 10.8 Å². The third kappa shape index (κ3) is 9.02. The number of benzene rings is 1. The monoisotopic (exact) mass is 436 g/mol. The number of allylic oxidation sites excluding steroid dienone is 4. The number of hydrogen-bond acceptors (Lipinski definition) is 4. The highest BCUT2D eigenvalue weighted by Gasteiger charge is 2.10. The van der Waals surface area contributed by atoms with E-state index in [1.807, 2.05) is 31.1 Å². The molecule has 0 aliphatic heterocycles. The third-order valence-corrected chi connectivity index (χ3v) is 4.17. The van der Waals surface area contributed by atoms with Gasteiger partial charge in [-0.15, -0.1) is 11.6 Å². The van der Waals surface area contributed by atoms with Crippen LogP contribution in [-0.4, -0.2) is 48.7 Å². The number of aryl methyl sites for hydroxylation is 1. The highest BCUT2D eigenvalue weighted by Crippen LogP contribution is 2.15. The van der Waals surface area contributed by atoms with Crippen molar-refractivity contribution in [3.05, 3.63) is 65.7 Å². The molecule has 1 unspecified atom stereocenters. The zero-order valence-corrected chi connectivity index (χ0v) is 18.4. The second-order valence-corrected chi connectivity index (χ2v) is 7.06. The molecule has 1 aromatic carbocycles. The molecule has 0 saturated heterocycles. The molecule has 0 amide bonds. The molecule has 0 aromatic heterocycles. The van der Waals surface area contributed by atoms with Gasteiger partial charge < -0.3 is 15.5 Å². The fourth-order valence-corrected chi connectivity index (χ4v) is 2.71. The van der Waals surface area contributed by atoms with Crippen LogP contribution in [0.4, 0.5) is 10.1 Å². The largest absolute Gasteiger partial charge is 0.381 e. The molecule has 0 bridgehead atoms. The highest BCUT2D eigenvalue weighted by atomic mass is 35.5. The van der Waals surface area contributed by atoms with E-state index in [0.717, 1.165) is 16.8 Å². The Morgan fingerprint density at radius 1 is 1.45 bits per heavy atom. The minimum atomic E-state index is -0.923. The van der Waals surface area contributed by atoms with Gasteiger partial charge in [0.05, 0.1) is 5.69 Å². The van der Waals surface area contributed by atoms with Crippen molar-refractivity contribution in [2.45, 2.75) is 19.5 Å². The predicted octanol–water partition coefficient (Wildman–Crippen LogP) is 4.20. The number of alkyl halides is 1. The first kappa shape index (κ1) is 24.5. The smallest absolute Gasteiger partial charge is 0.176 e. The normalized spacial score (nSPS) is 13.1. The predicted molar refractivity (Wildman–Crippen MR) is 124 cm³/mol. The number of thiocarbonyl (C=S) groups is 1. The summed E-state index contributed by atoms with van der Waals surface area (Å²) in [5.41, 5.74) is 2.85. The number of halogens is 2. The van der Waals surface area contributed by atoms with Gasteiger partial charge in [-0.3, -0.25) is 9.79 Å². The topological polar surface area (TPSA) is 56.7 Å². The molecule has 0 heterocycles. The van der Waals surface area contributed by atoms with E-state index in [1.54, 1.807) is 31.3 Å². The summed E-state index contributed by atoms with van der Waals surface area (Å²) in [6, 6.07) is 4.72. The van der Waals surface area contributed by atoms with Crippen molar-refractivity contribution < 1.29 is 9.18 Å². The van der Waals surface area contributed by atoms with Crippen molar-refractivity contribution in [1.29, 1.82) is 0 Å². The van der Waals surface area contributed by atoms with Gasteiger partial charge in [0.15, 0.2) is 17.6 Å². The highest BCUT2D eigenvalue weighted by molar-refractivity contribution is 7.80. The molecular formula is C21H26ClFN4OS. The van der Waals surface area contributed by atoms with Crippen LogP contribution in [0.3, 0.4) is 0 Å². The van der Waals surface area contributed by atoms with Gasteiger partial charge >= 0.3 is 0 Å². The van der Waals surface area contributed by atoms with Gasteiger partial charge in [0.25, 0.3) is 0 Å². The fourth-order valence-electron chi connectivity index (χ4n) is 2.28. The van der Waals surface area contributed by atoms with E-state index in [4.69, 9.17) is 23.8 Å². The number of aldehydes is 1. The van der Waals surface area contributed by atoms with Crippen LogP contribution in [0.15, 0.2) is 59.3 Å². The van der Waals surface area contributed by atoms with Crippen LogP contribution in [0.1, 0.15) is 12.0 Å². The fraction of sp³-hybridized carbons (Fsp3) is 0.286. The van der Waals surface area contributed by atoms with E-state index in [1.165, 1.54) is 6.07 Å². The lowest BCUT2D eigenvalue weighted by Crippen LogP contribution is -2.37. The molecule has 156 valence electrons. The number of nitrogens with one attached hydrogen (secondary N) is 2. The Balaban J connectivity index is 2.82. The number of aliphatic imine (C=N–C) groups is 1. The van der Waals surface area contributed by atoms with Gasteiger partial charge in [-0.25, -0.2) is 4.39 Å². The molecule has 0 aliphatic carbocycles. The second-order valence-electron chi connectivity index (χ2n) is 6.34. The molecule has 0 saturated carbocycles. The molecular weight excluding hydrogens is 411 g/mol. The van der Waals surface area contributed by atoms with Crippen molar-refractivity contribution >= 4 is 47.1 Å². The number of hydrogen-bond donors (Lipinski definition) is 2. The summed E-state index contributed by atoms with van der Waals surface area (Å²) in [6.07, 6.45) is 7.23. The Bertz CT molecular complexity index is 821. The average Bonchev–Trinajstić information content (AvgIpc) is 2.66. The zero-order valence-electron chi connectivity index (χ0n) is 16.8. The van der Waals surface area contributed by atoms with E-state index in [2.05, 4.69) is 22.2 Å². The summed E-state index contributed by atoms with van der Waals surface area (Å²) >= 11 is 11.0. The first-order valence-corrected chi connectivity index (χ1v) is 9.81. The van der Waals surface area contributed by atoms with Crippen LogP contribution in [0.2, 0.25) is 0 Å². The Hall–Kier alpha value is -2.51. The van der Waals surface area contributed by atoms with Crippen molar-refractivity contribution in [2.24, 2.45) is 4.99 Å². The third-order valence-electron chi connectivity index (χ3n) is 3.79. The van der Waals surface area contributed by atoms with Crippen LogP contribution < -0.4 is 10.6 Å². The maximum absolute atomic E-state index is 13.9. The standard InChI is InChI=1S/C21H26ClFN4OS/c1-5-6-17(27(3)4)12-16(9-10-22)13-24-20(14-28)26-21(29)25-19-8-7-15(2)11-18(19)23/h5-9,11,13-14,20H,1,10,12H2,2-4H3,(H2,25,26,29)/b16-9+,17-6+,24-13-. The van der Waals surface area contributed by atoms with Gasteiger partial charge in [-0.05, 0) is 48.5 Å². The maximum atomic E-state index is 13.9. The Morgan fingerprint density at radius 3 is 2.72 bits per heavy atom. The quantitative estimate of drug-likeness (QED) is 0.189. The molecule has 8 heteroatoms. The average molecular weight is 437 g/mol. The molecule has 0 fully saturated rings. The minimum Gasteiger partial charge on any atom is -0.381 e. The molecule has 1 atom stereocenters. The first-order valence-electron chi connectivity index (χ1n) is 8.86. The van der Waals surface area contributed by atoms with Crippen LogP contribution in [0, 0.1) is 12.7 Å². The number of carbonyl (C=O) groups is 1. The number of nitrogens with zero attached hydrogens (tertiary/aromatic N) is 2. The lowest BCUT2D eigenvalue weighted by Gasteiger charge is -2.18. The van der Waals surface area contributed by atoms with Crippen molar-refractivity contribution in [1.82, 2.24) is 10.2 Å². The SMILES string of the molecule is C=C/C=C(\CC(/C=N\C(C=O)NC(=S)Nc1ccc(C)cc1F)=C\CCl)N(C)C. The van der Waals surface area contributed by atoms with Crippen LogP contribution in [0.5, 0.6) is 0 Å². The van der Waals surface area contributed by atoms with Gasteiger partial charge in [-0.2, -0.15) is 0 Å². The van der Waals surface area contributed by atoms with Gasteiger partial charge in [0.1, 0.15) is 5.82 Å². The summed E-state index contributed by atoms with van der Waals surface area (Å²) in [7, 11) is 3.85. The lowest BCUT2D eigenvalue weighted by molar-refractivity contribution is -0.109. The summed E-state index contributed by atoms with van der Waals surface area (Å²) in [5.74, 6) is -0.125. The Labute approximate surface area is 182 Å². The molecule has 1 aromatic rings. The molecule has 0 aliphatic rings. The molecule has 0 spiro atoms. The van der Waals surface area contributed by atoms with Crippen LogP contribution in [-0.2, 0) is 4.79 Å². The summed E-state index contributed by atoms with van der Waals surface area (Å²) in [5, 5.41) is 5.56. The van der Waals surface area contributed by atoms with E-state index >= 15 is 0 Å². The Morgan fingerprint density at radius 2 is 2.17 bits per heavy atom. The zero-order chi connectivity index (χ0) is 21.8. The van der Waals surface area contributed by atoms with Crippen LogP contribution >= 0.6 is 23.8 Å². The minimum absolute atomic E-state index is 0.0883. The molecule has 2 N–H and O–H groups in total. The van der Waals surface area contributed by atoms with Crippen LogP contribution in [0.25, 0.3) is 0 Å². The van der Waals surface area contributed by atoms with E-state index in [9.17, 15) is 9.18 Å². The van der Waals surface area contributed by atoms with Crippen molar-refractivity contribution in [3.8, 4) is 0 Å². The molecule has 5 nitrogen and oxygen atoms in total. The number of rotatable bonds is 10. The number of anilines is 1. The first-order chi connectivity index (χ1) is 13.8. The lowest BCUT2D eigenvalue weighted by atomic mass is 10.1. The van der Waals surface area contributed by atoms with E-state index in [0.29, 0.717) is 18.6 Å². The summed E-state index contributed by atoms with van der Waals surface area (Å²) in [4.78, 5) is 17.6. The van der Waals surface area contributed by atoms with Crippen molar-refractivity contribution in [2.75, 3.05) is 25.3 Å². The molecule has 29 heavy (non-hydrogen) atoms. The van der Waals surface area contributed by atoms with Gasteiger partial charge in [0.2, 0.25) is 0 Å². The summed E-state index contributed by atoms with van der Waals surface area (Å²) in [6.45, 7) is 5.51. The van der Waals surface area contributed by atoms with Crippen molar-refractivity contribution in [3.63, 3.8) is 0 Å². The van der Waals surface area contributed by atoms with Gasteiger partial charge in [-0.1, -0.05) is 24.8 Å². The van der Waals surface area contributed by atoms with Gasteiger partial charge in [0, 0.05) is 38.3 Å². The molecule has 1 rings (SSSR count). The maximum Gasteiger partial charge on any atom is 0.176 e. The molecule has 0 radical (unpaired) electrons. The van der Waals surface area contributed by atoms with E-state index < -0.39 is 12.0 Å². The summed E-state index contributed by atoms with van der Waals surface area (Å²) < 4.78 is 13.9. The number of carbonyl (C=O) groups excluding carboxylic acids is 1. The Kier molecular flexibility index (Phi) is 10.9. The second kappa shape index (κ2) is 12.9.